The molecule has 1 saturated heterocycles. The summed E-state index contributed by atoms with van der Waals surface area (Å²) in [5.74, 6) is 0.935. The standard InChI is InChI=1S/C22H30N2O4S/c1-18(9-10-19-7-5-4-6-8-19)23-13-15-24(16-14-23)29(25,26)20-11-12-21(27-2)22(17-20)28-3/h4-8,11-12,17-18H,9-10,13-16H2,1-3H3. The maximum atomic E-state index is 13.1. The fourth-order valence-electron chi connectivity index (χ4n) is 3.71. The van der Waals surface area contributed by atoms with Crippen molar-refractivity contribution in [2.45, 2.75) is 30.7 Å². The summed E-state index contributed by atoms with van der Waals surface area (Å²) in [5, 5.41) is 0. The van der Waals surface area contributed by atoms with Gasteiger partial charge < -0.3 is 9.47 Å². The van der Waals surface area contributed by atoms with Gasteiger partial charge >= 0.3 is 0 Å². The van der Waals surface area contributed by atoms with E-state index in [1.807, 2.05) is 6.07 Å². The number of ether oxygens (including phenoxy) is 2. The van der Waals surface area contributed by atoms with Crippen molar-refractivity contribution in [3.8, 4) is 11.5 Å². The number of hydrogen-bond acceptors (Lipinski definition) is 5. The van der Waals surface area contributed by atoms with Crippen LogP contribution in [0, 0.1) is 0 Å². The molecule has 0 aliphatic carbocycles. The van der Waals surface area contributed by atoms with E-state index in [4.69, 9.17) is 9.47 Å². The molecule has 1 unspecified atom stereocenters. The fraction of sp³-hybridized carbons (Fsp3) is 0.455. The number of methoxy groups -OCH3 is 2. The first kappa shape index (κ1) is 21.6. The predicted molar refractivity (Wildman–Crippen MR) is 114 cm³/mol. The van der Waals surface area contributed by atoms with Crippen LogP contribution < -0.4 is 9.47 Å². The molecule has 0 radical (unpaired) electrons. The molecule has 29 heavy (non-hydrogen) atoms. The van der Waals surface area contributed by atoms with Crippen molar-refractivity contribution in [1.82, 2.24) is 9.21 Å². The molecule has 158 valence electrons. The SMILES string of the molecule is COc1ccc(S(=O)(=O)N2CCN(C(C)CCc3ccccc3)CC2)cc1OC. The summed E-state index contributed by atoms with van der Waals surface area (Å²) in [4.78, 5) is 2.62. The number of sulfonamides is 1. The highest BCUT2D eigenvalue weighted by molar-refractivity contribution is 7.89. The lowest BCUT2D eigenvalue weighted by molar-refractivity contribution is 0.140. The molecule has 2 aromatic rings. The maximum absolute atomic E-state index is 13.1. The van der Waals surface area contributed by atoms with Gasteiger partial charge in [0.1, 0.15) is 0 Å². The van der Waals surface area contributed by atoms with Crippen LogP contribution in [0.15, 0.2) is 53.4 Å². The van der Waals surface area contributed by atoms with Crippen LogP contribution in [0.25, 0.3) is 0 Å². The minimum Gasteiger partial charge on any atom is -0.493 e. The Hall–Kier alpha value is -2.09. The van der Waals surface area contributed by atoms with Crippen molar-refractivity contribution in [1.29, 1.82) is 0 Å². The van der Waals surface area contributed by atoms with Crippen LogP contribution in [0.4, 0.5) is 0 Å². The normalized spacial score (nSPS) is 17.1. The molecule has 0 saturated carbocycles. The second-order valence-electron chi connectivity index (χ2n) is 7.33. The van der Waals surface area contributed by atoms with Gasteiger partial charge in [-0.3, -0.25) is 4.90 Å². The summed E-state index contributed by atoms with van der Waals surface area (Å²) >= 11 is 0. The molecule has 1 aliphatic rings. The number of nitrogens with zero attached hydrogens (tertiary/aromatic N) is 2. The van der Waals surface area contributed by atoms with Crippen LogP contribution in [0.1, 0.15) is 18.9 Å². The first-order chi connectivity index (χ1) is 14.0. The smallest absolute Gasteiger partial charge is 0.243 e. The quantitative estimate of drug-likeness (QED) is 0.660. The molecule has 0 amide bonds. The summed E-state index contributed by atoms with van der Waals surface area (Å²) in [6.07, 6.45) is 2.10. The average Bonchev–Trinajstić information content (AvgIpc) is 2.77. The Bertz CT molecular complexity index is 894. The molecule has 0 N–H and O–H groups in total. The van der Waals surface area contributed by atoms with Gasteiger partial charge in [-0.1, -0.05) is 30.3 Å². The third kappa shape index (κ3) is 5.10. The van der Waals surface area contributed by atoms with Crippen LogP contribution in [0.5, 0.6) is 11.5 Å². The Morgan fingerprint density at radius 3 is 2.21 bits per heavy atom. The van der Waals surface area contributed by atoms with Crippen LogP contribution >= 0.6 is 0 Å². The molecule has 2 aromatic carbocycles. The molecule has 0 bridgehead atoms. The molecule has 6 nitrogen and oxygen atoms in total. The number of aryl methyl sites for hydroxylation is 1. The monoisotopic (exact) mass is 418 g/mol. The second-order valence-corrected chi connectivity index (χ2v) is 9.27. The molecule has 0 aromatic heterocycles. The van der Waals surface area contributed by atoms with Crippen molar-refractivity contribution in [2.24, 2.45) is 0 Å². The number of benzene rings is 2. The lowest BCUT2D eigenvalue weighted by Crippen LogP contribution is -2.51. The zero-order valence-electron chi connectivity index (χ0n) is 17.4. The Kier molecular flexibility index (Phi) is 7.16. The largest absolute Gasteiger partial charge is 0.493 e. The molecule has 1 fully saturated rings. The Labute approximate surface area is 174 Å². The van der Waals surface area contributed by atoms with Crippen LogP contribution in [-0.2, 0) is 16.4 Å². The van der Waals surface area contributed by atoms with Gasteiger partial charge in [0.15, 0.2) is 11.5 Å². The number of piperazine rings is 1. The highest BCUT2D eigenvalue weighted by atomic mass is 32.2. The highest BCUT2D eigenvalue weighted by Crippen LogP contribution is 2.31. The summed E-state index contributed by atoms with van der Waals surface area (Å²) in [5.41, 5.74) is 1.34. The van der Waals surface area contributed by atoms with Gasteiger partial charge in [0.05, 0.1) is 19.1 Å². The van der Waals surface area contributed by atoms with Gasteiger partial charge in [-0.25, -0.2) is 8.42 Å². The number of rotatable bonds is 8. The highest BCUT2D eigenvalue weighted by Gasteiger charge is 2.30. The van der Waals surface area contributed by atoms with Gasteiger partial charge in [-0.05, 0) is 37.5 Å². The molecule has 1 atom stereocenters. The van der Waals surface area contributed by atoms with E-state index in [1.165, 1.54) is 25.8 Å². The summed E-state index contributed by atoms with van der Waals surface area (Å²) in [7, 11) is -0.517. The molecule has 3 rings (SSSR count). The maximum Gasteiger partial charge on any atom is 0.243 e. The summed E-state index contributed by atoms with van der Waals surface area (Å²) in [6.45, 7) is 4.69. The average molecular weight is 419 g/mol. The third-order valence-electron chi connectivity index (χ3n) is 5.58. The first-order valence-electron chi connectivity index (χ1n) is 9.96. The first-order valence-corrected chi connectivity index (χ1v) is 11.4. The zero-order chi connectivity index (χ0) is 20.9. The topological polar surface area (TPSA) is 59.1 Å². The van der Waals surface area contributed by atoms with Gasteiger partial charge in [0.2, 0.25) is 10.0 Å². The minimum atomic E-state index is -3.55. The molecule has 1 aliphatic heterocycles. The summed E-state index contributed by atoms with van der Waals surface area (Å²) in [6, 6.07) is 15.6. The molecule has 0 spiro atoms. The van der Waals surface area contributed by atoms with E-state index >= 15 is 0 Å². The van der Waals surface area contributed by atoms with E-state index in [1.54, 1.807) is 16.4 Å². The van der Waals surface area contributed by atoms with Crippen molar-refractivity contribution in [2.75, 3.05) is 40.4 Å². The van der Waals surface area contributed by atoms with E-state index in [0.717, 1.165) is 25.9 Å². The van der Waals surface area contributed by atoms with E-state index in [2.05, 4.69) is 36.1 Å². The van der Waals surface area contributed by atoms with Gasteiger partial charge in [-0.15, -0.1) is 0 Å². The minimum absolute atomic E-state index is 0.237. The van der Waals surface area contributed by atoms with E-state index in [-0.39, 0.29) is 4.90 Å². The van der Waals surface area contributed by atoms with Gasteiger partial charge in [0.25, 0.3) is 0 Å². The Balaban J connectivity index is 1.59. The molecule has 7 heteroatoms. The molecular formula is C22H30N2O4S. The fourth-order valence-corrected chi connectivity index (χ4v) is 5.15. The van der Waals surface area contributed by atoms with E-state index in [9.17, 15) is 8.42 Å². The zero-order valence-corrected chi connectivity index (χ0v) is 18.2. The van der Waals surface area contributed by atoms with Gasteiger partial charge in [0, 0.05) is 38.3 Å². The van der Waals surface area contributed by atoms with Crippen LogP contribution in [-0.4, -0.2) is 64.1 Å². The van der Waals surface area contributed by atoms with Crippen molar-refractivity contribution >= 4 is 10.0 Å². The number of hydrogen-bond donors (Lipinski definition) is 0. The summed E-state index contributed by atoms with van der Waals surface area (Å²) < 4.78 is 38.1. The molecular weight excluding hydrogens is 388 g/mol. The third-order valence-corrected chi connectivity index (χ3v) is 7.48. The van der Waals surface area contributed by atoms with Gasteiger partial charge in [-0.2, -0.15) is 4.31 Å². The van der Waals surface area contributed by atoms with E-state index < -0.39 is 10.0 Å². The van der Waals surface area contributed by atoms with E-state index in [0.29, 0.717) is 30.6 Å². The lowest BCUT2D eigenvalue weighted by Gasteiger charge is -2.37. The lowest BCUT2D eigenvalue weighted by atomic mass is 10.0. The van der Waals surface area contributed by atoms with Crippen molar-refractivity contribution in [3.05, 3.63) is 54.1 Å². The van der Waals surface area contributed by atoms with Crippen LogP contribution in [0.3, 0.4) is 0 Å². The Morgan fingerprint density at radius 2 is 1.59 bits per heavy atom. The molecule has 1 heterocycles. The Morgan fingerprint density at radius 1 is 0.931 bits per heavy atom. The van der Waals surface area contributed by atoms with Crippen molar-refractivity contribution < 1.29 is 17.9 Å². The predicted octanol–water partition coefficient (Wildman–Crippen LogP) is 3.03. The van der Waals surface area contributed by atoms with Crippen LogP contribution in [0.2, 0.25) is 0 Å². The second kappa shape index (κ2) is 9.61. The van der Waals surface area contributed by atoms with Crippen molar-refractivity contribution in [3.63, 3.8) is 0 Å².